The van der Waals surface area contributed by atoms with Gasteiger partial charge < -0.3 is 9.47 Å². The Labute approximate surface area is 122 Å². The molecule has 6 heteroatoms. The Hall–Kier alpha value is -1.61. The lowest BCUT2D eigenvalue weighted by Gasteiger charge is -2.31. The number of halogens is 1. The number of hydrogen-bond acceptors (Lipinski definition) is 5. The highest BCUT2D eigenvalue weighted by Crippen LogP contribution is 2.21. The van der Waals surface area contributed by atoms with Crippen LogP contribution in [0.3, 0.4) is 0 Å². The van der Waals surface area contributed by atoms with Crippen LogP contribution in [0.25, 0.3) is 0 Å². The Morgan fingerprint density at radius 1 is 1.65 bits per heavy atom. The number of nitrogens with zero attached hydrogens (tertiary/aromatic N) is 2. The third-order valence-corrected chi connectivity index (χ3v) is 3.60. The van der Waals surface area contributed by atoms with E-state index in [0.29, 0.717) is 36.9 Å². The first-order chi connectivity index (χ1) is 9.65. The molecule has 0 amide bonds. The monoisotopic (exact) mass is 294 g/mol. The van der Waals surface area contributed by atoms with Gasteiger partial charge in [0.15, 0.2) is 0 Å². The first-order valence-corrected chi connectivity index (χ1v) is 6.61. The van der Waals surface area contributed by atoms with Crippen molar-refractivity contribution in [3.8, 4) is 6.07 Å². The Kier molecular flexibility index (Phi) is 4.96. The number of morpholine rings is 1. The largest absolute Gasteiger partial charge is 0.465 e. The van der Waals surface area contributed by atoms with E-state index in [9.17, 15) is 4.79 Å². The Bertz CT molecular complexity index is 542. The van der Waals surface area contributed by atoms with Crippen LogP contribution in [0.4, 0.5) is 0 Å². The maximum atomic E-state index is 11.5. The van der Waals surface area contributed by atoms with E-state index in [1.54, 1.807) is 18.2 Å². The molecule has 0 N–H and O–H groups in total. The van der Waals surface area contributed by atoms with Gasteiger partial charge in [0.2, 0.25) is 0 Å². The van der Waals surface area contributed by atoms with E-state index in [2.05, 4.69) is 6.07 Å². The summed E-state index contributed by atoms with van der Waals surface area (Å²) in [7, 11) is 1.34. The number of carbonyl (C=O) groups is 1. The Morgan fingerprint density at radius 3 is 3.15 bits per heavy atom. The van der Waals surface area contributed by atoms with E-state index in [1.807, 2.05) is 4.90 Å². The zero-order chi connectivity index (χ0) is 14.5. The lowest BCUT2D eigenvalue weighted by atomic mass is 10.1. The molecule has 0 spiro atoms. The van der Waals surface area contributed by atoms with Crippen LogP contribution < -0.4 is 0 Å². The van der Waals surface area contributed by atoms with Crippen LogP contribution in [-0.4, -0.2) is 43.8 Å². The van der Waals surface area contributed by atoms with Crippen LogP contribution in [0.15, 0.2) is 18.2 Å². The van der Waals surface area contributed by atoms with Crippen molar-refractivity contribution in [3.63, 3.8) is 0 Å². The summed E-state index contributed by atoms with van der Waals surface area (Å²) in [6, 6.07) is 6.92. The fourth-order valence-electron chi connectivity index (χ4n) is 2.11. The summed E-state index contributed by atoms with van der Waals surface area (Å²) in [5, 5.41) is 9.68. The highest BCUT2D eigenvalue weighted by Gasteiger charge is 2.23. The highest BCUT2D eigenvalue weighted by atomic mass is 35.5. The van der Waals surface area contributed by atoms with Gasteiger partial charge >= 0.3 is 5.97 Å². The van der Waals surface area contributed by atoms with Gasteiger partial charge in [-0.05, 0) is 23.8 Å². The van der Waals surface area contributed by atoms with E-state index in [1.165, 1.54) is 7.11 Å². The molecule has 0 aliphatic carbocycles. The van der Waals surface area contributed by atoms with Crippen LogP contribution in [0.5, 0.6) is 0 Å². The predicted octanol–water partition coefficient (Wildman–Crippen LogP) is 1.85. The fourth-order valence-corrected chi connectivity index (χ4v) is 2.28. The van der Waals surface area contributed by atoms with E-state index in [-0.39, 0.29) is 6.04 Å². The summed E-state index contributed by atoms with van der Waals surface area (Å²) in [6.45, 7) is 2.15. The molecule has 1 aromatic carbocycles. The fraction of sp³-hybridized carbons (Fsp3) is 0.429. The quantitative estimate of drug-likeness (QED) is 0.796. The average Bonchev–Trinajstić information content (AvgIpc) is 2.49. The lowest BCUT2D eigenvalue weighted by molar-refractivity contribution is 0.00888. The lowest BCUT2D eigenvalue weighted by Crippen LogP contribution is -2.44. The highest BCUT2D eigenvalue weighted by molar-refractivity contribution is 6.31. The van der Waals surface area contributed by atoms with Crippen molar-refractivity contribution in [2.24, 2.45) is 0 Å². The molecular weight excluding hydrogens is 280 g/mol. The van der Waals surface area contributed by atoms with Crippen LogP contribution in [0.1, 0.15) is 15.9 Å². The molecule has 1 aromatic rings. The minimum absolute atomic E-state index is 0.290. The minimum atomic E-state index is -0.401. The van der Waals surface area contributed by atoms with Gasteiger partial charge in [-0.1, -0.05) is 11.6 Å². The molecule has 0 saturated carbocycles. The number of nitriles is 1. The predicted molar refractivity (Wildman–Crippen MR) is 73.4 cm³/mol. The molecule has 0 unspecified atom stereocenters. The number of carbonyl (C=O) groups excluding carboxylic acids is 1. The van der Waals surface area contributed by atoms with Gasteiger partial charge in [-0.25, -0.2) is 4.79 Å². The molecule has 20 heavy (non-hydrogen) atoms. The minimum Gasteiger partial charge on any atom is -0.465 e. The van der Waals surface area contributed by atoms with E-state index in [0.717, 1.165) is 5.56 Å². The van der Waals surface area contributed by atoms with Gasteiger partial charge in [-0.2, -0.15) is 5.26 Å². The molecule has 106 valence electrons. The number of esters is 1. The van der Waals surface area contributed by atoms with E-state index < -0.39 is 5.97 Å². The van der Waals surface area contributed by atoms with Crippen LogP contribution in [-0.2, 0) is 16.0 Å². The van der Waals surface area contributed by atoms with Gasteiger partial charge in [0, 0.05) is 18.1 Å². The van der Waals surface area contributed by atoms with Gasteiger partial charge in [-0.3, -0.25) is 4.90 Å². The molecule has 1 aliphatic heterocycles. The van der Waals surface area contributed by atoms with E-state index in [4.69, 9.17) is 26.3 Å². The first-order valence-electron chi connectivity index (χ1n) is 6.24. The summed E-state index contributed by atoms with van der Waals surface area (Å²) in [6.07, 6.45) is 0. The summed E-state index contributed by atoms with van der Waals surface area (Å²) >= 11 is 6.16. The normalized spacial score (nSPS) is 19.4. The molecule has 2 rings (SSSR count). The topological polar surface area (TPSA) is 62.6 Å². The van der Waals surface area contributed by atoms with Crippen molar-refractivity contribution in [2.45, 2.75) is 12.6 Å². The van der Waals surface area contributed by atoms with Crippen LogP contribution in [0.2, 0.25) is 5.02 Å². The second-order valence-electron chi connectivity index (χ2n) is 4.49. The zero-order valence-electron chi connectivity index (χ0n) is 11.1. The molecule has 1 aliphatic rings. The molecule has 0 bridgehead atoms. The SMILES string of the molecule is COC(=O)c1ccc(Cl)c(CN2CCOC[C@@H]2C#N)c1. The van der Waals surface area contributed by atoms with Crippen molar-refractivity contribution in [2.75, 3.05) is 26.9 Å². The number of hydrogen-bond donors (Lipinski definition) is 0. The molecule has 0 radical (unpaired) electrons. The number of ether oxygens (including phenoxy) is 2. The molecule has 0 aromatic heterocycles. The van der Waals surface area contributed by atoms with Crippen molar-refractivity contribution >= 4 is 17.6 Å². The van der Waals surface area contributed by atoms with Crippen molar-refractivity contribution in [3.05, 3.63) is 34.3 Å². The number of rotatable bonds is 3. The van der Waals surface area contributed by atoms with Crippen molar-refractivity contribution in [1.29, 1.82) is 5.26 Å². The van der Waals surface area contributed by atoms with Gasteiger partial charge in [0.1, 0.15) is 6.04 Å². The van der Waals surface area contributed by atoms with E-state index >= 15 is 0 Å². The standard InChI is InChI=1S/C14H15ClN2O3/c1-19-14(18)10-2-3-13(15)11(6-10)8-17-4-5-20-9-12(17)7-16/h2-3,6,12H,4-5,8-9H2,1H3/t12-/m0/s1. The Balaban J connectivity index is 2.19. The second kappa shape index (κ2) is 6.71. The van der Waals surface area contributed by atoms with Gasteiger partial charge in [-0.15, -0.1) is 0 Å². The van der Waals surface area contributed by atoms with Gasteiger partial charge in [0.05, 0.1) is 32.0 Å². The Morgan fingerprint density at radius 2 is 2.45 bits per heavy atom. The summed E-state index contributed by atoms with van der Waals surface area (Å²) in [4.78, 5) is 13.5. The zero-order valence-corrected chi connectivity index (χ0v) is 11.9. The molecular formula is C14H15ClN2O3. The molecule has 5 nitrogen and oxygen atoms in total. The summed E-state index contributed by atoms with van der Waals surface area (Å²) in [5.74, 6) is -0.401. The molecule has 1 fully saturated rings. The summed E-state index contributed by atoms with van der Waals surface area (Å²) in [5.41, 5.74) is 1.25. The maximum Gasteiger partial charge on any atom is 0.337 e. The van der Waals surface area contributed by atoms with Gasteiger partial charge in [0.25, 0.3) is 0 Å². The average molecular weight is 295 g/mol. The number of methoxy groups -OCH3 is 1. The number of benzene rings is 1. The maximum absolute atomic E-state index is 11.5. The third kappa shape index (κ3) is 3.28. The first kappa shape index (κ1) is 14.8. The second-order valence-corrected chi connectivity index (χ2v) is 4.90. The van der Waals surface area contributed by atoms with Crippen LogP contribution >= 0.6 is 11.6 Å². The van der Waals surface area contributed by atoms with Crippen molar-refractivity contribution in [1.82, 2.24) is 4.90 Å². The molecule has 1 atom stereocenters. The molecule has 1 heterocycles. The van der Waals surface area contributed by atoms with Crippen molar-refractivity contribution < 1.29 is 14.3 Å². The summed E-state index contributed by atoms with van der Waals surface area (Å²) < 4.78 is 9.97. The smallest absolute Gasteiger partial charge is 0.337 e. The third-order valence-electron chi connectivity index (χ3n) is 3.23. The molecule has 1 saturated heterocycles. The van der Waals surface area contributed by atoms with Crippen LogP contribution in [0, 0.1) is 11.3 Å².